The third-order valence-electron chi connectivity index (χ3n) is 4.06. The maximum atomic E-state index is 13.6. The molecule has 0 unspecified atom stereocenters. The van der Waals surface area contributed by atoms with E-state index in [1.165, 1.54) is 12.1 Å². The van der Waals surface area contributed by atoms with E-state index in [1.807, 2.05) is 18.2 Å². The van der Waals surface area contributed by atoms with Gasteiger partial charge in [0.15, 0.2) is 6.61 Å². The molecule has 0 saturated carbocycles. The van der Waals surface area contributed by atoms with Gasteiger partial charge in [0, 0.05) is 10.6 Å². The number of ether oxygens (including phenoxy) is 2. The zero-order valence-corrected chi connectivity index (χ0v) is 17.4. The Morgan fingerprint density at radius 1 is 0.906 bits per heavy atom. The van der Waals surface area contributed by atoms with E-state index in [4.69, 9.17) is 21.1 Å². The number of benzene rings is 3. The zero-order chi connectivity index (χ0) is 22.9. The summed E-state index contributed by atoms with van der Waals surface area (Å²) in [5.74, 6) is -1.55. The van der Waals surface area contributed by atoms with E-state index in [9.17, 15) is 18.8 Å². The van der Waals surface area contributed by atoms with E-state index in [0.717, 1.165) is 6.07 Å². The minimum Gasteiger partial charge on any atom is -0.457 e. The van der Waals surface area contributed by atoms with E-state index < -0.39 is 36.8 Å². The number of nitrogens with one attached hydrogen (secondary N) is 2. The summed E-state index contributed by atoms with van der Waals surface area (Å²) in [7, 11) is 0. The highest BCUT2D eigenvalue weighted by Crippen LogP contribution is 2.21. The lowest BCUT2D eigenvalue weighted by atomic mass is 10.2. The van der Waals surface area contributed by atoms with Gasteiger partial charge in [-0.05, 0) is 54.6 Å². The summed E-state index contributed by atoms with van der Waals surface area (Å²) in [6.45, 7) is -1.09. The van der Waals surface area contributed by atoms with Crippen LogP contribution in [0.3, 0.4) is 0 Å². The van der Waals surface area contributed by atoms with Crippen molar-refractivity contribution in [3.05, 3.63) is 89.2 Å². The first-order chi connectivity index (χ1) is 15.4. The molecule has 9 heteroatoms. The van der Waals surface area contributed by atoms with E-state index in [2.05, 4.69) is 10.6 Å². The van der Waals surface area contributed by atoms with Gasteiger partial charge >= 0.3 is 5.97 Å². The highest BCUT2D eigenvalue weighted by molar-refractivity contribution is 6.30. The van der Waals surface area contributed by atoms with Crippen LogP contribution < -0.4 is 15.4 Å². The molecule has 0 fully saturated rings. The number of hydrogen-bond acceptors (Lipinski definition) is 5. The first-order valence-electron chi connectivity index (χ1n) is 9.42. The van der Waals surface area contributed by atoms with Gasteiger partial charge in [0.25, 0.3) is 11.8 Å². The summed E-state index contributed by atoms with van der Waals surface area (Å²) in [5.41, 5.74) is 0.180. The van der Waals surface area contributed by atoms with Crippen LogP contribution in [0.2, 0.25) is 5.02 Å². The van der Waals surface area contributed by atoms with Crippen molar-refractivity contribution >= 4 is 35.1 Å². The summed E-state index contributed by atoms with van der Waals surface area (Å²) < 4.78 is 24.0. The topological polar surface area (TPSA) is 93.7 Å². The first kappa shape index (κ1) is 22.8. The highest BCUT2D eigenvalue weighted by Gasteiger charge is 2.13. The second kappa shape index (κ2) is 10.9. The van der Waals surface area contributed by atoms with Gasteiger partial charge in [-0.2, -0.15) is 0 Å². The smallest absolute Gasteiger partial charge is 0.325 e. The van der Waals surface area contributed by atoms with Gasteiger partial charge in [-0.25, -0.2) is 4.39 Å². The van der Waals surface area contributed by atoms with Gasteiger partial charge in [0.05, 0.1) is 5.69 Å². The lowest BCUT2D eigenvalue weighted by Gasteiger charge is -2.09. The fourth-order valence-electron chi connectivity index (χ4n) is 2.53. The average Bonchev–Trinajstić information content (AvgIpc) is 2.79. The van der Waals surface area contributed by atoms with Gasteiger partial charge in [0.1, 0.15) is 23.9 Å². The molecule has 0 aliphatic rings. The number of hydrogen-bond donors (Lipinski definition) is 2. The Morgan fingerprint density at radius 2 is 1.59 bits per heavy atom. The molecule has 164 valence electrons. The molecule has 0 bridgehead atoms. The monoisotopic (exact) mass is 456 g/mol. The Hall–Kier alpha value is -3.91. The normalized spacial score (nSPS) is 10.2. The lowest BCUT2D eigenvalue weighted by molar-refractivity contribution is -0.146. The summed E-state index contributed by atoms with van der Waals surface area (Å²) in [6, 6.07) is 19.2. The molecule has 0 heterocycles. The van der Waals surface area contributed by atoms with Crippen molar-refractivity contribution in [2.45, 2.75) is 0 Å². The molecule has 32 heavy (non-hydrogen) atoms. The van der Waals surface area contributed by atoms with Crippen LogP contribution in [0.25, 0.3) is 0 Å². The molecule has 0 atom stereocenters. The Bertz CT molecular complexity index is 1110. The van der Waals surface area contributed by atoms with Crippen molar-refractivity contribution in [3.63, 3.8) is 0 Å². The third kappa shape index (κ3) is 6.82. The number of carbonyl (C=O) groups is 3. The maximum absolute atomic E-state index is 13.6. The van der Waals surface area contributed by atoms with Crippen LogP contribution in [0.15, 0.2) is 72.8 Å². The molecule has 0 aliphatic heterocycles. The predicted molar refractivity (Wildman–Crippen MR) is 116 cm³/mol. The molecule has 2 N–H and O–H groups in total. The minimum absolute atomic E-state index is 0.133. The predicted octanol–water partition coefficient (Wildman–Crippen LogP) is 4.18. The van der Waals surface area contributed by atoms with Gasteiger partial charge in [0.2, 0.25) is 0 Å². The Kier molecular flexibility index (Phi) is 7.77. The van der Waals surface area contributed by atoms with Crippen LogP contribution in [0.1, 0.15) is 10.4 Å². The van der Waals surface area contributed by atoms with Crippen molar-refractivity contribution in [3.8, 4) is 11.5 Å². The fraction of sp³-hybridized carbons (Fsp3) is 0.0870. The number of rotatable bonds is 8. The van der Waals surface area contributed by atoms with Gasteiger partial charge < -0.3 is 20.1 Å². The Labute approximate surface area is 188 Å². The number of amides is 2. The quantitative estimate of drug-likeness (QED) is 0.496. The number of halogens is 2. The number of esters is 1. The molecule has 0 radical (unpaired) electrons. The molecule has 2 amide bonds. The van der Waals surface area contributed by atoms with Crippen molar-refractivity contribution in [2.24, 2.45) is 0 Å². The van der Waals surface area contributed by atoms with Crippen LogP contribution in [0, 0.1) is 5.82 Å². The third-order valence-corrected chi connectivity index (χ3v) is 4.29. The summed E-state index contributed by atoms with van der Waals surface area (Å²) in [4.78, 5) is 35.8. The number of anilines is 1. The second-order valence-electron chi connectivity index (χ2n) is 6.46. The van der Waals surface area contributed by atoms with Crippen molar-refractivity contribution in [1.29, 1.82) is 0 Å². The highest BCUT2D eigenvalue weighted by atomic mass is 35.5. The average molecular weight is 457 g/mol. The summed E-state index contributed by atoms with van der Waals surface area (Å²) >= 11 is 5.74. The Morgan fingerprint density at radius 3 is 2.31 bits per heavy atom. The van der Waals surface area contributed by atoms with Crippen molar-refractivity contribution in [1.82, 2.24) is 5.32 Å². The SMILES string of the molecule is O=C(COC(=O)CNC(=O)c1ccc(Oc2ccccc2)cc1)Nc1cc(Cl)ccc1F. The maximum Gasteiger partial charge on any atom is 0.325 e. The van der Waals surface area contributed by atoms with Crippen LogP contribution >= 0.6 is 11.6 Å². The van der Waals surface area contributed by atoms with Crippen LogP contribution in [-0.4, -0.2) is 30.9 Å². The summed E-state index contributed by atoms with van der Waals surface area (Å²) in [6.07, 6.45) is 0. The van der Waals surface area contributed by atoms with E-state index in [1.54, 1.807) is 36.4 Å². The summed E-state index contributed by atoms with van der Waals surface area (Å²) in [5, 5.41) is 4.88. The van der Waals surface area contributed by atoms with E-state index in [-0.39, 0.29) is 10.7 Å². The molecule has 3 aromatic carbocycles. The van der Waals surface area contributed by atoms with Crippen molar-refractivity contribution in [2.75, 3.05) is 18.5 Å². The zero-order valence-electron chi connectivity index (χ0n) is 16.6. The molecular formula is C23H18ClFN2O5. The molecule has 0 saturated heterocycles. The van der Waals surface area contributed by atoms with E-state index in [0.29, 0.717) is 17.1 Å². The minimum atomic E-state index is -0.830. The van der Waals surface area contributed by atoms with Gasteiger partial charge in [-0.1, -0.05) is 29.8 Å². The number of carbonyl (C=O) groups excluding carboxylic acids is 3. The fourth-order valence-corrected chi connectivity index (χ4v) is 2.70. The van der Waals surface area contributed by atoms with Gasteiger partial charge in [-0.15, -0.1) is 0 Å². The number of para-hydroxylation sites is 1. The van der Waals surface area contributed by atoms with Gasteiger partial charge in [-0.3, -0.25) is 14.4 Å². The molecule has 3 rings (SSSR count). The molecule has 0 spiro atoms. The standard InChI is InChI=1S/C23H18ClFN2O5/c24-16-8-11-19(25)20(12-16)27-21(28)14-31-22(29)13-26-23(30)15-6-9-18(10-7-15)32-17-4-2-1-3-5-17/h1-12H,13-14H2,(H,26,30)(H,27,28). The van der Waals surface area contributed by atoms with Crippen molar-refractivity contribution < 1.29 is 28.2 Å². The molecule has 7 nitrogen and oxygen atoms in total. The van der Waals surface area contributed by atoms with Crippen LogP contribution in [0.5, 0.6) is 11.5 Å². The molecule has 0 aromatic heterocycles. The first-order valence-corrected chi connectivity index (χ1v) is 9.80. The van der Waals surface area contributed by atoms with Crippen LogP contribution in [0.4, 0.5) is 10.1 Å². The molecule has 0 aliphatic carbocycles. The molecular weight excluding hydrogens is 439 g/mol. The second-order valence-corrected chi connectivity index (χ2v) is 6.89. The van der Waals surface area contributed by atoms with E-state index >= 15 is 0 Å². The molecule has 3 aromatic rings. The lowest BCUT2D eigenvalue weighted by Crippen LogP contribution is -2.32. The van der Waals surface area contributed by atoms with Crippen LogP contribution in [-0.2, 0) is 14.3 Å². The Balaban J connectivity index is 1.41. The largest absolute Gasteiger partial charge is 0.457 e.